The lowest BCUT2D eigenvalue weighted by Crippen LogP contribution is -2.42. The fourth-order valence-electron chi connectivity index (χ4n) is 4.78. The molecule has 4 aromatic carbocycles. The topological polar surface area (TPSA) is 67.2 Å². The number of halogens is 2. The number of fused-ring (bicyclic) bond motifs is 1. The lowest BCUT2D eigenvalue weighted by Gasteiger charge is -2.32. The van der Waals surface area contributed by atoms with Crippen molar-refractivity contribution in [3.8, 4) is 5.69 Å². The van der Waals surface area contributed by atoms with Crippen LogP contribution in [0.2, 0.25) is 0 Å². The van der Waals surface area contributed by atoms with Crippen LogP contribution in [0.4, 0.5) is 10.5 Å². The fraction of sp³-hybridized carbons (Fsp3) is 0.156. The quantitative estimate of drug-likeness (QED) is 0.183. The maximum absolute atomic E-state index is 13.9. The van der Waals surface area contributed by atoms with Gasteiger partial charge >= 0.3 is 6.03 Å². The minimum Gasteiger partial charge on any atom is -0.314 e. The van der Waals surface area contributed by atoms with Gasteiger partial charge in [-0.3, -0.25) is 9.36 Å². The molecule has 2 amide bonds. The Morgan fingerprint density at radius 1 is 0.875 bits per heavy atom. The van der Waals surface area contributed by atoms with Crippen LogP contribution >= 0.6 is 31.9 Å². The van der Waals surface area contributed by atoms with Gasteiger partial charge in [-0.15, -0.1) is 0 Å². The molecule has 0 bridgehead atoms. The third kappa shape index (κ3) is 6.18. The van der Waals surface area contributed by atoms with Gasteiger partial charge in [0, 0.05) is 21.2 Å². The molecular weight excluding hydrogens is 632 g/mol. The van der Waals surface area contributed by atoms with E-state index in [4.69, 9.17) is 4.98 Å². The number of para-hydroxylation sites is 1. The second kappa shape index (κ2) is 12.6. The first kappa shape index (κ1) is 27.8. The molecule has 0 fully saturated rings. The predicted octanol–water partition coefficient (Wildman–Crippen LogP) is 8.14. The molecule has 0 saturated heterocycles. The van der Waals surface area contributed by atoms with E-state index in [9.17, 15) is 9.59 Å². The van der Waals surface area contributed by atoms with Gasteiger partial charge in [-0.05, 0) is 79.1 Å². The minimum absolute atomic E-state index is 0.169. The van der Waals surface area contributed by atoms with E-state index in [1.54, 1.807) is 15.5 Å². The summed E-state index contributed by atoms with van der Waals surface area (Å²) in [4.78, 5) is 34.7. The SMILES string of the molecule is CCC(c1nc2ccccc2c(=O)n1-c1ccc(Br)cc1)N(CCc1ccccc1)C(=O)Nc1ccc(Br)cc1. The van der Waals surface area contributed by atoms with E-state index in [0.717, 1.165) is 14.5 Å². The van der Waals surface area contributed by atoms with Crippen molar-refractivity contribution in [3.63, 3.8) is 0 Å². The number of nitrogens with zero attached hydrogens (tertiary/aromatic N) is 3. The van der Waals surface area contributed by atoms with E-state index in [1.165, 1.54) is 0 Å². The van der Waals surface area contributed by atoms with Crippen LogP contribution in [-0.4, -0.2) is 27.0 Å². The molecule has 0 radical (unpaired) electrons. The average molecular weight is 660 g/mol. The molecule has 40 heavy (non-hydrogen) atoms. The Hall–Kier alpha value is -3.75. The van der Waals surface area contributed by atoms with Gasteiger partial charge in [0.15, 0.2) is 0 Å². The summed E-state index contributed by atoms with van der Waals surface area (Å²) in [7, 11) is 0. The molecular formula is C32H28Br2N4O2. The number of benzene rings is 4. The molecule has 8 heteroatoms. The van der Waals surface area contributed by atoms with Gasteiger partial charge in [0.05, 0.1) is 22.6 Å². The first-order valence-electron chi connectivity index (χ1n) is 13.1. The smallest absolute Gasteiger partial charge is 0.314 e. The van der Waals surface area contributed by atoms with E-state index >= 15 is 0 Å². The fourth-order valence-corrected chi connectivity index (χ4v) is 5.31. The highest BCUT2D eigenvalue weighted by atomic mass is 79.9. The lowest BCUT2D eigenvalue weighted by atomic mass is 10.1. The summed E-state index contributed by atoms with van der Waals surface area (Å²) < 4.78 is 3.48. The van der Waals surface area contributed by atoms with Crippen LogP contribution in [0.5, 0.6) is 0 Å². The first-order valence-corrected chi connectivity index (χ1v) is 14.7. The monoisotopic (exact) mass is 658 g/mol. The van der Waals surface area contributed by atoms with Crippen LogP contribution in [-0.2, 0) is 6.42 Å². The van der Waals surface area contributed by atoms with E-state index < -0.39 is 6.04 Å². The summed E-state index contributed by atoms with van der Waals surface area (Å²) in [6, 6.07) is 31.7. The number of urea groups is 1. The number of carbonyl (C=O) groups excluding carboxylic acids is 1. The van der Waals surface area contributed by atoms with Crippen LogP contribution in [0.25, 0.3) is 16.6 Å². The van der Waals surface area contributed by atoms with Crippen LogP contribution in [0, 0.1) is 0 Å². The highest BCUT2D eigenvalue weighted by Crippen LogP contribution is 2.28. The molecule has 6 nitrogen and oxygen atoms in total. The number of carbonyl (C=O) groups is 1. The van der Waals surface area contributed by atoms with Crippen molar-refractivity contribution in [2.75, 3.05) is 11.9 Å². The van der Waals surface area contributed by atoms with Gasteiger partial charge < -0.3 is 10.2 Å². The molecule has 5 aromatic rings. The van der Waals surface area contributed by atoms with Crippen molar-refractivity contribution >= 4 is 54.5 Å². The average Bonchev–Trinajstić information content (AvgIpc) is 2.97. The Kier molecular flexibility index (Phi) is 8.77. The summed E-state index contributed by atoms with van der Waals surface area (Å²) in [5.74, 6) is 0.521. The number of nitrogens with one attached hydrogen (secondary N) is 1. The van der Waals surface area contributed by atoms with Crippen molar-refractivity contribution in [1.82, 2.24) is 14.5 Å². The standard InChI is InChI=1S/C32H28Br2N4O2/c1-2-29(30-36-28-11-7-6-10-27(28)31(39)38(30)26-18-14-24(34)15-19-26)37(21-20-22-8-4-3-5-9-22)32(40)35-25-16-12-23(33)13-17-25/h3-19,29H,2,20-21H2,1H3,(H,35,40). The molecule has 1 N–H and O–H groups in total. The summed E-state index contributed by atoms with van der Waals surface area (Å²) in [6.45, 7) is 2.45. The third-order valence-corrected chi connectivity index (χ3v) is 7.85. The molecule has 1 heterocycles. The van der Waals surface area contributed by atoms with Crippen molar-refractivity contribution < 1.29 is 4.79 Å². The van der Waals surface area contributed by atoms with Gasteiger partial charge in [-0.2, -0.15) is 0 Å². The number of amides is 2. The second-order valence-electron chi connectivity index (χ2n) is 9.39. The highest BCUT2D eigenvalue weighted by molar-refractivity contribution is 9.10. The summed E-state index contributed by atoms with van der Waals surface area (Å²) >= 11 is 6.94. The van der Waals surface area contributed by atoms with Crippen molar-refractivity contribution in [2.24, 2.45) is 0 Å². The van der Waals surface area contributed by atoms with E-state index in [1.807, 2.05) is 91.9 Å². The van der Waals surface area contributed by atoms with Crippen LogP contribution < -0.4 is 10.9 Å². The third-order valence-electron chi connectivity index (χ3n) is 6.79. The van der Waals surface area contributed by atoms with Crippen LogP contribution in [0.3, 0.4) is 0 Å². The van der Waals surface area contributed by atoms with Gasteiger partial charge in [-0.1, -0.05) is 81.2 Å². The largest absolute Gasteiger partial charge is 0.322 e. The number of hydrogen-bond acceptors (Lipinski definition) is 3. The second-order valence-corrected chi connectivity index (χ2v) is 11.2. The highest BCUT2D eigenvalue weighted by Gasteiger charge is 2.29. The Balaban J connectivity index is 1.63. The molecule has 0 spiro atoms. The Morgan fingerprint density at radius 2 is 1.50 bits per heavy atom. The van der Waals surface area contributed by atoms with Crippen LogP contribution in [0.15, 0.2) is 117 Å². The zero-order valence-corrected chi connectivity index (χ0v) is 25.1. The normalized spacial score (nSPS) is 11.8. The van der Waals surface area contributed by atoms with Gasteiger partial charge in [0.2, 0.25) is 0 Å². The zero-order valence-electron chi connectivity index (χ0n) is 21.9. The molecule has 0 aliphatic rings. The Labute approximate surface area is 249 Å². The predicted molar refractivity (Wildman–Crippen MR) is 168 cm³/mol. The van der Waals surface area contributed by atoms with Gasteiger partial charge in [-0.25, -0.2) is 9.78 Å². The number of anilines is 1. The summed E-state index contributed by atoms with van der Waals surface area (Å²) in [5.41, 5.74) is 2.93. The molecule has 0 aliphatic carbocycles. The van der Waals surface area contributed by atoms with Crippen molar-refractivity contribution in [1.29, 1.82) is 0 Å². The van der Waals surface area contributed by atoms with Gasteiger partial charge in [0.1, 0.15) is 5.82 Å². The van der Waals surface area contributed by atoms with Crippen molar-refractivity contribution in [2.45, 2.75) is 25.8 Å². The number of rotatable bonds is 8. The molecule has 1 unspecified atom stereocenters. The Morgan fingerprint density at radius 3 is 2.17 bits per heavy atom. The maximum Gasteiger partial charge on any atom is 0.322 e. The summed E-state index contributed by atoms with van der Waals surface area (Å²) in [6.07, 6.45) is 1.21. The van der Waals surface area contributed by atoms with Crippen LogP contribution in [0.1, 0.15) is 30.8 Å². The van der Waals surface area contributed by atoms with E-state index in [2.05, 4.69) is 49.3 Å². The van der Waals surface area contributed by atoms with E-state index in [-0.39, 0.29) is 11.6 Å². The molecule has 202 valence electrons. The lowest BCUT2D eigenvalue weighted by molar-refractivity contribution is 0.182. The molecule has 0 aliphatic heterocycles. The number of hydrogen-bond donors (Lipinski definition) is 1. The molecule has 5 rings (SSSR count). The van der Waals surface area contributed by atoms with Crippen molar-refractivity contribution in [3.05, 3.63) is 134 Å². The zero-order chi connectivity index (χ0) is 28.1. The molecule has 1 atom stereocenters. The minimum atomic E-state index is -0.472. The number of aromatic nitrogens is 2. The first-order chi connectivity index (χ1) is 19.4. The summed E-state index contributed by atoms with van der Waals surface area (Å²) in [5, 5.41) is 3.58. The molecule has 0 saturated carbocycles. The maximum atomic E-state index is 13.9. The Bertz CT molecular complexity index is 1670. The molecule has 1 aromatic heterocycles. The van der Waals surface area contributed by atoms with E-state index in [0.29, 0.717) is 47.5 Å². The van der Waals surface area contributed by atoms with Gasteiger partial charge in [0.25, 0.3) is 5.56 Å².